The highest BCUT2D eigenvalue weighted by Crippen LogP contribution is 2.19. The molecule has 15 heavy (non-hydrogen) atoms. The summed E-state index contributed by atoms with van der Waals surface area (Å²) < 4.78 is 18.0. The summed E-state index contributed by atoms with van der Waals surface area (Å²) in [5, 5.41) is 0.691. The fraction of sp³-hybridized carbons (Fsp3) is 0.250. The minimum absolute atomic E-state index is 0.311. The number of hydrogen-bond donors (Lipinski definition) is 0. The van der Waals surface area contributed by atoms with Gasteiger partial charge in [-0.15, -0.1) is 0 Å². The van der Waals surface area contributed by atoms with Gasteiger partial charge in [-0.2, -0.15) is 0 Å². The fourth-order valence-electron chi connectivity index (χ4n) is 1.68. The quantitative estimate of drug-likeness (QED) is 0.707. The molecule has 2 rings (SSSR count). The molecule has 0 fully saturated rings. The van der Waals surface area contributed by atoms with E-state index in [4.69, 9.17) is 4.42 Å². The Balaban J connectivity index is 2.75. The van der Waals surface area contributed by atoms with E-state index in [9.17, 15) is 9.18 Å². The van der Waals surface area contributed by atoms with Gasteiger partial charge in [-0.3, -0.25) is 0 Å². The van der Waals surface area contributed by atoms with Crippen LogP contribution in [0.3, 0.4) is 0 Å². The smallest absolute Gasteiger partial charge is 0.336 e. The van der Waals surface area contributed by atoms with Crippen LogP contribution in [0.4, 0.5) is 4.39 Å². The van der Waals surface area contributed by atoms with Crippen molar-refractivity contribution in [3.8, 4) is 0 Å². The van der Waals surface area contributed by atoms with E-state index in [1.54, 1.807) is 0 Å². The van der Waals surface area contributed by atoms with Gasteiger partial charge in [-0.05, 0) is 30.2 Å². The van der Waals surface area contributed by atoms with Crippen LogP contribution in [0.25, 0.3) is 11.0 Å². The van der Waals surface area contributed by atoms with Crippen molar-refractivity contribution in [3.05, 3.63) is 46.1 Å². The second kappa shape index (κ2) is 3.85. The van der Waals surface area contributed by atoms with Crippen molar-refractivity contribution in [2.45, 2.75) is 19.8 Å². The molecular formula is C12H11FO2. The zero-order valence-electron chi connectivity index (χ0n) is 8.42. The molecule has 0 bridgehead atoms. The van der Waals surface area contributed by atoms with E-state index in [0.717, 1.165) is 18.4 Å². The molecular weight excluding hydrogens is 195 g/mol. The first-order valence-electron chi connectivity index (χ1n) is 4.93. The Morgan fingerprint density at radius 2 is 2.13 bits per heavy atom. The lowest BCUT2D eigenvalue weighted by atomic mass is 10.1. The lowest BCUT2D eigenvalue weighted by Crippen LogP contribution is -2.00. The van der Waals surface area contributed by atoms with Gasteiger partial charge in [-0.25, -0.2) is 9.18 Å². The van der Waals surface area contributed by atoms with E-state index < -0.39 is 0 Å². The molecule has 1 aromatic heterocycles. The number of hydrogen-bond acceptors (Lipinski definition) is 2. The molecule has 1 heterocycles. The van der Waals surface area contributed by atoms with Crippen LogP contribution < -0.4 is 5.63 Å². The van der Waals surface area contributed by atoms with E-state index in [-0.39, 0.29) is 11.4 Å². The van der Waals surface area contributed by atoms with Crippen LogP contribution in [0.2, 0.25) is 0 Å². The van der Waals surface area contributed by atoms with Crippen molar-refractivity contribution in [1.29, 1.82) is 0 Å². The highest BCUT2D eigenvalue weighted by atomic mass is 19.1. The molecule has 0 aliphatic rings. The Kier molecular flexibility index (Phi) is 2.54. The normalized spacial score (nSPS) is 10.8. The summed E-state index contributed by atoms with van der Waals surface area (Å²) in [5.41, 5.74) is 0.924. The average Bonchev–Trinajstić information content (AvgIpc) is 2.19. The van der Waals surface area contributed by atoms with E-state index in [1.165, 1.54) is 24.3 Å². The van der Waals surface area contributed by atoms with Crippen LogP contribution in [-0.2, 0) is 6.42 Å². The van der Waals surface area contributed by atoms with E-state index in [0.29, 0.717) is 11.0 Å². The van der Waals surface area contributed by atoms with Crippen LogP contribution in [0.5, 0.6) is 0 Å². The third kappa shape index (κ3) is 1.91. The van der Waals surface area contributed by atoms with Gasteiger partial charge in [-0.1, -0.05) is 13.3 Å². The van der Waals surface area contributed by atoms with Gasteiger partial charge in [0.05, 0.1) is 0 Å². The summed E-state index contributed by atoms with van der Waals surface area (Å²) in [6, 6.07) is 5.63. The van der Waals surface area contributed by atoms with Gasteiger partial charge in [0.1, 0.15) is 11.4 Å². The summed E-state index contributed by atoms with van der Waals surface area (Å²) >= 11 is 0. The van der Waals surface area contributed by atoms with Crippen LogP contribution in [-0.4, -0.2) is 0 Å². The number of aryl methyl sites for hydroxylation is 1. The van der Waals surface area contributed by atoms with Gasteiger partial charge >= 0.3 is 5.63 Å². The zero-order valence-corrected chi connectivity index (χ0v) is 8.42. The average molecular weight is 206 g/mol. The monoisotopic (exact) mass is 206 g/mol. The Bertz CT molecular complexity index is 543. The number of rotatable bonds is 2. The van der Waals surface area contributed by atoms with Crippen molar-refractivity contribution >= 4 is 11.0 Å². The number of fused-ring (bicyclic) bond motifs is 1. The summed E-state index contributed by atoms with van der Waals surface area (Å²) in [6.45, 7) is 2.01. The summed E-state index contributed by atoms with van der Waals surface area (Å²) in [5.74, 6) is -0.311. The Morgan fingerprint density at radius 1 is 1.33 bits per heavy atom. The standard InChI is InChI=1S/C12H11FO2/c1-2-3-8-6-12(14)15-11-5-4-9(13)7-10(8)11/h4-7H,2-3H2,1H3. The second-order valence-corrected chi connectivity index (χ2v) is 3.48. The molecule has 0 spiro atoms. The van der Waals surface area contributed by atoms with Crippen molar-refractivity contribution < 1.29 is 8.81 Å². The molecule has 0 radical (unpaired) electrons. The largest absolute Gasteiger partial charge is 0.423 e. The molecule has 0 N–H and O–H groups in total. The summed E-state index contributed by atoms with van der Waals surface area (Å²) in [6.07, 6.45) is 1.67. The second-order valence-electron chi connectivity index (χ2n) is 3.48. The first kappa shape index (κ1) is 9.90. The van der Waals surface area contributed by atoms with Crippen LogP contribution >= 0.6 is 0 Å². The van der Waals surface area contributed by atoms with Gasteiger partial charge < -0.3 is 4.42 Å². The maximum absolute atomic E-state index is 13.0. The molecule has 78 valence electrons. The number of halogens is 1. The van der Waals surface area contributed by atoms with Crippen molar-refractivity contribution in [1.82, 2.24) is 0 Å². The van der Waals surface area contributed by atoms with Gasteiger partial charge in [0.15, 0.2) is 0 Å². The highest BCUT2D eigenvalue weighted by Gasteiger charge is 2.05. The lowest BCUT2D eigenvalue weighted by Gasteiger charge is -2.03. The highest BCUT2D eigenvalue weighted by molar-refractivity contribution is 5.80. The third-order valence-electron chi connectivity index (χ3n) is 2.31. The molecule has 3 heteroatoms. The first-order valence-corrected chi connectivity index (χ1v) is 4.93. The third-order valence-corrected chi connectivity index (χ3v) is 2.31. The fourth-order valence-corrected chi connectivity index (χ4v) is 1.68. The lowest BCUT2D eigenvalue weighted by molar-refractivity contribution is 0.556. The summed E-state index contributed by atoms with van der Waals surface area (Å²) in [7, 11) is 0. The molecule has 0 amide bonds. The molecule has 0 atom stereocenters. The van der Waals surface area contributed by atoms with Crippen molar-refractivity contribution in [2.24, 2.45) is 0 Å². The molecule has 0 saturated heterocycles. The predicted molar refractivity (Wildman–Crippen MR) is 56.4 cm³/mol. The van der Waals surface area contributed by atoms with E-state index in [1.807, 2.05) is 6.92 Å². The SMILES string of the molecule is CCCc1cc(=O)oc2ccc(F)cc12. The van der Waals surface area contributed by atoms with E-state index >= 15 is 0 Å². The first-order chi connectivity index (χ1) is 7.20. The van der Waals surface area contributed by atoms with Gasteiger partial charge in [0, 0.05) is 11.5 Å². The maximum Gasteiger partial charge on any atom is 0.336 e. The van der Waals surface area contributed by atoms with Gasteiger partial charge in [0.25, 0.3) is 0 Å². The predicted octanol–water partition coefficient (Wildman–Crippen LogP) is 2.88. The Hall–Kier alpha value is -1.64. The Morgan fingerprint density at radius 3 is 2.87 bits per heavy atom. The van der Waals surface area contributed by atoms with Crippen molar-refractivity contribution in [2.75, 3.05) is 0 Å². The van der Waals surface area contributed by atoms with Crippen molar-refractivity contribution in [3.63, 3.8) is 0 Å². The zero-order chi connectivity index (χ0) is 10.8. The minimum Gasteiger partial charge on any atom is -0.423 e. The molecule has 0 saturated carbocycles. The van der Waals surface area contributed by atoms with Crippen LogP contribution in [0, 0.1) is 5.82 Å². The van der Waals surface area contributed by atoms with Crippen LogP contribution in [0.1, 0.15) is 18.9 Å². The number of benzene rings is 1. The minimum atomic E-state index is -0.377. The van der Waals surface area contributed by atoms with Crippen LogP contribution in [0.15, 0.2) is 33.5 Å². The molecule has 2 aromatic rings. The van der Waals surface area contributed by atoms with E-state index in [2.05, 4.69) is 0 Å². The molecule has 2 nitrogen and oxygen atoms in total. The molecule has 0 aliphatic carbocycles. The Labute approximate surface area is 86.3 Å². The molecule has 0 unspecified atom stereocenters. The topological polar surface area (TPSA) is 30.2 Å². The van der Waals surface area contributed by atoms with Gasteiger partial charge in [0.2, 0.25) is 0 Å². The molecule has 0 aliphatic heterocycles. The summed E-state index contributed by atoms with van der Waals surface area (Å²) in [4.78, 5) is 11.2. The molecule has 1 aromatic carbocycles. The maximum atomic E-state index is 13.0.